The maximum atomic E-state index is 13.8. The number of aromatic nitrogens is 3. The molecule has 1 atom stereocenters. The van der Waals surface area contributed by atoms with E-state index in [0.29, 0.717) is 32.0 Å². The Balaban J connectivity index is 1.68. The quantitative estimate of drug-likeness (QED) is 0.457. The maximum Gasteiger partial charge on any atom is 0.271 e. The zero-order valence-corrected chi connectivity index (χ0v) is 21.2. The molecule has 3 heterocycles. The predicted molar refractivity (Wildman–Crippen MR) is 140 cm³/mol. The molecule has 1 amide bonds. The lowest BCUT2D eigenvalue weighted by atomic mass is 9.95. The van der Waals surface area contributed by atoms with Crippen molar-refractivity contribution in [3.8, 4) is 5.75 Å². The van der Waals surface area contributed by atoms with Gasteiger partial charge in [0.25, 0.3) is 11.5 Å². The van der Waals surface area contributed by atoms with Crippen LogP contribution in [0.15, 0.2) is 81.9 Å². The fourth-order valence-corrected chi connectivity index (χ4v) is 5.37. The highest BCUT2D eigenvalue weighted by molar-refractivity contribution is 7.07. The van der Waals surface area contributed by atoms with Crippen LogP contribution in [-0.4, -0.2) is 27.4 Å². The molecule has 5 rings (SSSR count). The highest BCUT2D eigenvalue weighted by Crippen LogP contribution is 2.31. The van der Waals surface area contributed by atoms with E-state index in [4.69, 9.17) is 4.74 Å². The zero-order valence-electron chi connectivity index (χ0n) is 20.4. The molecule has 0 radical (unpaired) electrons. The summed E-state index contributed by atoms with van der Waals surface area (Å²) < 4.78 is 9.17. The standard InChI is InChI=1S/C27H25N5O3S/c1-16-19(15-31(3)30-16)14-22-26(34)32-24(18-10-12-21(35-4)13-11-18)23(17(2)28-27(32)36-22)25(33)29-20-8-6-5-7-9-20/h5-15,24H,1-4H3,(H,29,33)/b22-14+. The molecule has 0 saturated heterocycles. The number of thiazole rings is 1. The highest BCUT2D eigenvalue weighted by Gasteiger charge is 2.32. The molecule has 2 aromatic heterocycles. The molecule has 1 unspecified atom stereocenters. The lowest BCUT2D eigenvalue weighted by molar-refractivity contribution is -0.113. The summed E-state index contributed by atoms with van der Waals surface area (Å²) in [7, 11) is 3.44. The van der Waals surface area contributed by atoms with E-state index in [1.54, 1.807) is 23.3 Å². The Morgan fingerprint density at radius 3 is 2.47 bits per heavy atom. The topological polar surface area (TPSA) is 90.5 Å². The Hall–Kier alpha value is -4.24. The van der Waals surface area contributed by atoms with Crippen molar-refractivity contribution in [2.45, 2.75) is 19.9 Å². The monoisotopic (exact) mass is 499 g/mol. The summed E-state index contributed by atoms with van der Waals surface area (Å²) in [6.45, 7) is 3.71. The summed E-state index contributed by atoms with van der Waals surface area (Å²) in [6, 6.07) is 16.0. The number of amides is 1. The third kappa shape index (κ3) is 4.29. The van der Waals surface area contributed by atoms with Gasteiger partial charge in [-0.15, -0.1) is 0 Å². The molecule has 0 fully saturated rings. The number of carbonyl (C=O) groups excluding carboxylic acids is 1. The van der Waals surface area contributed by atoms with Crippen molar-refractivity contribution in [1.82, 2.24) is 14.3 Å². The van der Waals surface area contributed by atoms with Gasteiger partial charge in [0, 0.05) is 24.5 Å². The number of rotatable bonds is 5. The largest absolute Gasteiger partial charge is 0.497 e. The van der Waals surface area contributed by atoms with Gasteiger partial charge in [-0.3, -0.25) is 18.8 Å². The molecule has 36 heavy (non-hydrogen) atoms. The zero-order chi connectivity index (χ0) is 25.4. The molecule has 0 aliphatic carbocycles. The molecule has 1 N–H and O–H groups in total. The summed E-state index contributed by atoms with van der Waals surface area (Å²) >= 11 is 1.30. The minimum absolute atomic E-state index is 0.208. The first-order valence-electron chi connectivity index (χ1n) is 11.4. The highest BCUT2D eigenvalue weighted by atomic mass is 32.1. The SMILES string of the molecule is COc1ccc(C2C(C(=O)Nc3ccccc3)=C(C)N=c3s/c(=C/c4cn(C)nc4C)c(=O)n32)cc1. The second-order valence-corrected chi connectivity index (χ2v) is 9.53. The molecule has 0 spiro atoms. The average Bonchev–Trinajstić information content (AvgIpc) is 3.35. The maximum absolute atomic E-state index is 13.8. The van der Waals surface area contributed by atoms with Crippen LogP contribution in [0.4, 0.5) is 5.69 Å². The predicted octanol–water partition coefficient (Wildman–Crippen LogP) is 2.92. The van der Waals surface area contributed by atoms with Gasteiger partial charge in [0.1, 0.15) is 5.75 Å². The van der Waals surface area contributed by atoms with Crippen LogP contribution >= 0.6 is 11.3 Å². The van der Waals surface area contributed by atoms with E-state index in [-0.39, 0.29) is 11.5 Å². The van der Waals surface area contributed by atoms with Crippen molar-refractivity contribution in [1.29, 1.82) is 0 Å². The van der Waals surface area contributed by atoms with Crippen molar-refractivity contribution < 1.29 is 9.53 Å². The number of nitrogens with zero attached hydrogens (tertiary/aromatic N) is 4. The normalized spacial score (nSPS) is 15.4. The molecule has 0 bridgehead atoms. The number of fused-ring (bicyclic) bond motifs is 1. The van der Waals surface area contributed by atoms with E-state index in [1.807, 2.05) is 80.8 Å². The number of allylic oxidation sites excluding steroid dienone is 1. The third-order valence-corrected chi connectivity index (χ3v) is 7.05. The number of hydrogen-bond donors (Lipinski definition) is 1. The Bertz CT molecular complexity index is 1660. The van der Waals surface area contributed by atoms with E-state index in [0.717, 1.165) is 16.8 Å². The smallest absolute Gasteiger partial charge is 0.271 e. The van der Waals surface area contributed by atoms with Crippen LogP contribution in [-0.2, 0) is 11.8 Å². The summed E-state index contributed by atoms with van der Waals surface area (Å²) in [6.07, 6.45) is 3.71. The lowest BCUT2D eigenvalue weighted by Gasteiger charge is -2.25. The van der Waals surface area contributed by atoms with Gasteiger partial charge in [-0.05, 0) is 49.8 Å². The first-order valence-corrected chi connectivity index (χ1v) is 12.2. The van der Waals surface area contributed by atoms with Crippen molar-refractivity contribution in [2.24, 2.45) is 12.0 Å². The van der Waals surface area contributed by atoms with Crippen LogP contribution < -0.4 is 24.9 Å². The van der Waals surface area contributed by atoms with Crippen LogP contribution in [0.25, 0.3) is 6.08 Å². The van der Waals surface area contributed by atoms with Crippen molar-refractivity contribution in [2.75, 3.05) is 12.4 Å². The van der Waals surface area contributed by atoms with Gasteiger partial charge < -0.3 is 10.1 Å². The molecular weight excluding hydrogens is 474 g/mol. The minimum atomic E-state index is -0.645. The average molecular weight is 500 g/mol. The van der Waals surface area contributed by atoms with Gasteiger partial charge in [-0.1, -0.05) is 41.7 Å². The van der Waals surface area contributed by atoms with Gasteiger partial charge in [-0.25, -0.2) is 4.99 Å². The number of hydrogen-bond acceptors (Lipinski definition) is 6. The number of nitrogens with one attached hydrogen (secondary N) is 1. The third-order valence-electron chi connectivity index (χ3n) is 6.07. The first-order chi connectivity index (χ1) is 17.4. The van der Waals surface area contributed by atoms with Gasteiger partial charge in [0.2, 0.25) is 0 Å². The van der Waals surface area contributed by atoms with Crippen LogP contribution in [0, 0.1) is 6.92 Å². The summed E-state index contributed by atoms with van der Waals surface area (Å²) in [5.41, 5.74) is 3.92. The minimum Gasteiger partial charge on any atom is -0.497 e. The molecule has 0 saturated carbocycles. The number of carbonyl (C=O) groups is 1. The summed E-state index contributed by atoms with van der Waals surface area (Å²) in [5.74, 6) is 0.384. The van der Waals surface area contributed by atoms with E-state index < -0.39 is 6.04 Å². The van der Waals surface area contributed by atoms with Gasteiger partial charge >= 0.3 is 0 Å². The summed E-state index contributed by atoms with van der Waals surface area (Å²) in [5, 5.41) is 7.33. The number of aryl methyl sites for hydroxylation is 2. The fraction of sp³-hybridized carbons (Fsp3) is 0.185. The molecular formula is C27H25N5O3S. The van der Waals surface area contributed by atoms with Crippen molar-refractivity contribution >= 4 is 29.0 Å². The number of methoxy groups -OCH3 is 1. The summed E-state index contributed by atoms with van der Waals surface area (Å²) in [4.78, 5) is 32.5. The van der Waals surface area contributed by atoms with Crippen LogP contribution in [0.5, 0.6) is 5.75 Å². The van der Waals surface area contributed by atoms with E-state index in [1.165, 1.54) is 11.3 Å². The van der Waals surface area contributed by atoms with Gasteiger partial charge in [0.15, 0.2) is 4.80 Å². The Morgan fingerprint density at radius 1 is 1.11 bits per heavy atom. The Morgan fingerprint density at radius 2 is 1.83 bits per heavy atom. The molecule has 1 aliphatic rings. The van der Waals surface area contributed by atoms with Crippen LogP contribution in [0.2, 0.25) is 0 Å². The van der Waals surface area contributed by atoms with Crippen LogP contribution in [0.3, 0.4) is 0 Å². The number of benzene rings is 2. The van der Waals surface area contributed by atoms with Gasteiger partial charge in [-0.2, -0.15) is 5.10 Å². The number of anilines is 1. The number of para-hydroxylation sites is 1. The van der Waals surface area contributed by atoms with Crippen LogP contribution in [0.1, 0.15) is 29.8 Å². The van der Waals surface area contributed by atoms with E-state index >= 15 is 0 Å². The second-order valence-electron chi connectivity index (χ2n) is 8.52. The lowest BCUT2D eigenvalue weighted by Crippen LogP contribution is -2.40. The van der Waals surface area contributed by atoms with Crippen molar-refractivity contribution in [3.05, 3.63) is 109 Å². The van der Waals surface area contributed by atoms with Gasteiger partial charge in [0.05, 0.1) is 34.6 Å². The molecule has 2 aromatic carbocycles. The van der Waals surface area contributed by atoms with E-state index in [9.17, 15) is 9.59 Å². The molecule has 182 valence electrons. The molecule has 9 heteroatoms. The molecule has 4 aromatic rings. The number of ether oxygens (including phenoxy) is 1. The second kappa shape index (κ2) is 9.43. The Labute approximate surface area is 211 Å². The van der Waals surface area contributed by atoms with Crippen molar-refractivity contribution in [3.63, 3.8) is 0 Å². The molecule has 8 nitrogen and oxygen atoms in total. The Kier molecular flexibility index (Phi) is 6.15. The fourth-order valence-electron chi connectivity index (χ4n) is 4.33. The van der Waals surface area contributed by atoms with E-state index in [2.05, 4.69) is 15.4 Å². The first kappa shape index (κ1) is 23.5. The molecule has 1 aliphatic heterocycles.